The molecule has 0 saturated heterocycles. The van der Waals surface area contributed by atoms with Crippen molar-refractivity contribution in [2.75, 3.05) is 0 Å². The minimum Gasteiger partial charge on any atom is -0.0767 e. The summed E-state index contributed by atoms with van der Waals surface area (Å²) in [5, 5.41) is 0. The van der Waals surface area contributed by atoms with E-state index in [-0.39, 0.29) is 0 Å². The molecule has 0 unspecified atom stereocenters. The molecule has 0 heterocycles. The average Bonchev–Trinajstić information content (AvgIpc) is 2.64. The molecule has 0 aromatic carbocycles. The topological polar surface area (TPSA) is 0 Å². The summed E-state index contributed by atoms with van der Waals surface area (Å²) in [4.78, 5) is 0. The SMILES string of the molecule is C[CH2][Zr]([CH2]C)[CH2]C.[CH]1C=CC=C1. The molecule has 1 aliphatic rings. The smallest absolute Gasteiger partial charge is 0.00506 e. The zero-order valence-electron chi connectivity index (χ0n) is 8.51. The number of hydrogen-bond donors (Lipinski definition) is 0. The van der Waals surface area contributed by atoms with Crippen molar-refractivity contribution in [2.24, 2.45) is 0 Å². The Morgan fingerprint density at radius 1 is 0.750 bits per heavy atom. The van der Waals surface area contributed by atoms with E-state index in [1.807, 2.05) is 30.7 Å². The van der Waals surface area contributed by atoms with E-state index in [1.165, 1.54) is 0 Å². The summed E-state index contributed by atoms with van der Waals surface area (Å²) in [6, 6.07) is 0. The third-order valence-electron chi connectivity index (χ3n) is 2.06. The Morgan fingerprint density at radius 3 is 1.25 bits per heavy atom. The summed E-state index contributed by atoms with van der Waals surface area (Å²) >= 11 is -0.653. The van der Waals surface area contributed by atoms with Gasteiger partial charge < -0.3 is 0 Å². The van der Waals surface area contributed by atoms with Gasteiger partial charge in [0.1, 0.15) is 0 Å². The molecule has 0 atom stereocenters. The van der Waals surface area contributed by atoms with Gasteiger partial charge >= 0.3 is 54.9 Å². The summed E-state index contributed by atoms with van der Waals surface area (Å²) in [5.74, 6) is 0. The van der Waals surface area contributed by atoms with E-state index in [0.717, 1.165) is 0 Å². The molecule has 68 valence electrons. The second-order valence-corrected chi connectivity index (χ2v) is 11.7. The minimum absolute atomic E-state index is 0.653. The molecule has 1 aliphatic carbocycles. The van der Waals surface area contributed by atoms with E-state index < -0.39 is 21.8 Å². The molecule has 0 saturated carbocycles. The van der Waals surface area contributed by atoms with Crippen molar-refractivity contribution in [3.8, 4) is 0 Å². The van der Waals surface area contributed by atoms with Gasteiger partial charge in [-0.25, -0.2) is 0 Å². The van der Waals surface area contributed by atoms with E-state index in [2.05, 4.69) is 20.8 Å². The van der Waals surface area contributed by atoms with Gasteiger partial charge in [-0.05, 0) is 0 Å². The minimum atomic E-state index is -0.653. The Hall–Kier alpha value is 0.363. The molecular weight excluding hydrogens is 223 g/mol. The van der Waals surface area contributed by atoms with E-state index in [0.29, 0.717) is 0 Å². The molecule has 0 amide bonds. The standard InChI is InChI=1S/C5H5.3C2H5.Zr/c1-2-4-5-3-1;3*1-2;/h1-5H;3*1H2,2H3;. The molecule has 0 aliphatic heterocycles. The van der Waals surface area contributed by atoms with E-state index in [9.17, 15) is 0 Å². The predicted octanol–water partition coefficient (Wildman–Crippen LogP) is 4.24. The largest absolute Gasteiger partial charge is 0.0767 e. The monoisotopic (exact) mass is 242 g/mol. The maximum Gasteiger partial charge on any atom is 0.00506 e. The van der Waals surface area contributed by atoms with Crippen molar-refractivity contribution in [1.29, 1.82) is 0 Å². The van der Waals surface area contributed by atoms with Gasteiger partial charge in [0.05, 0.1) is 0 Å². The Morgan fingerprint density at radius 2 is 1.17 bits per heavy atom. The molecule has 0 aromatic rings. The zero-order chi connectivity index (χ0) is 9.23. The zero-order valence-corrected chi connectivity index (χ0v) is 11.0. The molecule has 0 N–H and O–H groups in total. The van der Waals surface area contributed by atoms with Crippen LogP contribution in [0.5, 0.6) is 0 Å². The molecule has 0 aromatic heterocycles. The number of rotatable bonds is 3. The van der Waals surface area contributed by atoms with Crippen LogP contribution in [0.2, 0.25) is 12.4 Å². The molecular formula is C11H20Zr. The van der Waals surface area contributed by atoms with Crippen molar-refractivity contribution in [3.63, 3.8) is 0 Å². The van der Waals surface area contributed by atoms with Crippen LogP contribution in [0.15, 0.2) is 24.3 Å². The van der Waals surface area contributed by atoms with Crippen LogP contribution in [0.4, 0.5) is 0 Å². The molecule has 0 bridgehead atoms. The van der Waals surface area contributed by atoms with E-state index in [1.54, 1.807) is 12.4 Å². The molecule has 0 spiro atoms. The summed E-state index contributed by atoms with van der Waals surface area (Å²) < 4.78 is 4.65. The van der Waals surface area contributed by atoms with Gasteiger partial charge in [-0.15, -0.1) is 0 Å². The fourth-order valence-electron chi connectivity index (χ4n) is 1.07. The first-order valence-corrected chi connectivity index (χ1v) is 10.1. The second-order valence-electron chi connectivity index (χ2n) is 2.77. The fraction of sp³-hybridized carbons (Fsp3) is 0.545. The van der Waals surface area contributed by atoms with Crippen LogP contribution in [-0.2, 0) is 21.8 Å². The van der Waals surface area contributed by atoms with Crippen molar-refractivity contribution in [2.45, 2.75) is 33.2 Å². The average molecular weight is 244 g/mol. The van der Waals surface area contributed by atoms with Crippen molar-refractivity contribution in [1.82, 2.24) is 0 Å². The Kier molecular flexibility index (Phi) is 9.74. The third-order valence-corrected chi connectivity index (χ3v) is 9.43. The van der Waals surface area contributed by atoms with Gasteiger partial charge in [0.2, 0.25) is 0 Å². The van der Waals surface area contributed by atoms with Crippen molar-refractivity contribution < 1.29 is 21.8 Å². The van der Waals surface area contributed by atoms with E-state index >= 15 is 0 Å². The van der Waals surface area contributed by atoms with Gasteiger partial charge in [0, 0.05) is 6.42 Å². The number of hydrogen-bond acceptors (Lipinski definition) is 0. The fourth-order valence-corrected chi connectivity index (χ4v) is 4.76. The molecule has 0 fully saturated rings. The van der Waals surface area contributed by atoms with Crippen molar-refractivity contribution >= 4 is 0 Å². The Labute approximate surface area is 85.4 Å². The van der Waals surface area contributed by atoms with Gasteiger partial charge in [-0.3, -0.25) is 0 Å². The summed E-state index contributed by atoms with van der Waals surface area (Å²) in [6.07, 6.45) is 10.0. The molecule has 0 nitrogen and oxygen atoms in total. The molecule has 1 heteroatoms. The molecule has 12 heavy (non-hydrogen) atoms. The van der Waals surface area contributed by atoms with Crippen LogP contribution < -0.4 is 0 Å². The summed E-state index contributed by atoms with van der Waals surface area (Å²) in [6.45, 7) is 7.05. The first kappa shape index (κ1) is 12.4. The van der Waals surface area contributed by atoms with Crippen LogP contribution in [0, 0.1) is 6.42 Å². The van der Waals surface area contributed by atoms with Crippen LogP contribution in [0.3, 0.4) is 0 Å². The first-order chi connectivity index (χ1) is 5.85. The van der Waals surface area contributed by atoms with Crippen LogP contribution >= 0.6 is 0 Å². The molecule has 1 radical (unpaired) electrons. The van der Waals surface area contributed by atoms with Gasteiger partial charge in [0.15, 0.2) is 0 Å². The second kappa shape index (κ2) is 9.45. The molecule has 1 rings (SSSR count). The Balaban J connectivity index is 0.000000211. The summed E-state index contributed by atoms with van der Waals surface area (Å²) in [5.41, 5.74) is 0. The summed E-state index contributed by atoms with van der Waals surface area (Å²) in [7, 11) is 0. The van der Waals surface area contributed by atoms with Gasteiger partial charge in [-0.1, -0.05) is 24.3 Å². The normalized spacial score (nSPS) is 12.6. The Bertz CT molecular complexity index is 116. The van der Waals surface area contributed by atoms with E-state index in [4.69, 9.17) is 0 Å². The quantitative estimate of drug-likeness (QED) is 0.696. The first-order valence-electron chi connectivity index (χ1n) is 4.85. The third kappa shape index (κ3) is 7.04. The predicted molar refractivity (Wildman–Crippen MR) is 54.0 cm³/mol. The number of allylic oxidation sites excluding steroid dienone is 4. The van der Waals surface area contributed by atoms with Gasteiger partial charge in [0.25, 0.3) is 0 Å². The van der Waals surface area contributed by atoms with Gasteiger partial charge in [-0.2, -0.15) is 0 Å². The maximum atomic E-state index is 2.35. The van der Waals surface area contributed by atoms with Crippen LogP contribution in [0.1, 0.15) is 20.8 Å². The van der Waals surface area contributed by atoms with Crippen molar-refractivity contribution in [3.05, 3.63) is 30.7 Å². The van der Waals surface area contributed by atoms with Crippen LogP contribution in [-0.4, -0.2) is 0 Å². The maximum absolute atomic E-state index is 2.35. The van der Waals surface area contributed by atoms with Crippen LogP contribution in [0.25, 0.3) is 0 Å².